The van der Waals surface area contributed by atoms with Crippen molar-refractivity contribution >= 4 is 39.9 Å². The summed E-state index contributed by atoms with van der Waals surface area (Å²) >= 11 is 12.1. The van der Waals surface area contributed by atoms with Gasteiger partial charge in [0, 0.05) is 24.7 Å². The molecule has 6 nitrogen and oxygen atoms in total. The summed E-state index contributed by atoms with van der Waals surface area (Å²) in [4.78, 5) is 14.5. The molecule has 0 saturated heterocycles. The number of aryl methyl sites for hydroxylation is 1. The topological polar surface area (TPSA) is 70.2 Å². The fourth-order valence-electron chi connectivity index (χ4n) is 2.22. The summed E-state index contributed by atoms with van der Waals surface area (Å²) in [5.41, 5.74) is 1.58. The van der Waals surface area contributed by atoms with Crippen LogP contribution in [0.2, 0.25) is 10.0 Å². The molecule has 0 aliphatic heterocycles. The van der Waals surface area contributed by atoms with Gasteiger partial charge in [0.25, 0.3) is 5.69 Å². The predicted octanol–water partition coefficient (Wildman–Crippen LogP) is 5.06. The van der Waals surface area contributed by atoms with Crippen molar-refractivity contribution in [1.82, 2.24) is 9.55 Å². The molecule has 0 radical (unpaired) electrons. The normalized spacial score (nSPS) is 10.9. The number of non-ortho nitro benzene ring substituents is 1. The van der Waals surface area contributed by atoms with Crippen LogP contribution in [0.3, 0.4) is 0 Å². The second kappa shape index (κ2) is 6.06. The van der Waals surface area contributed by atoms with E-state index in [0.29, 0.717) is 5.75 Å². The minimum atomic E-state index is -0.562. The van der Waals surface area contributed by atoms with Crippen LogP contribution >= 0.6 is 23.2 Å². The van der Waals surface area contributed by atoms with E-state index in [4.69, 9.17) is 27.9 Å². The van der Waals surface area contributed by atoms with Crippen LogP contribution in [0.1, 0.15) is 6.92 Å². The summed E-state index contributed by atoms with van der Waals surface area (Å²) in [6.07, 6.45) is 1.75. The Morgan fingerprint density at radius 1 is 1.26 bits per heavy atom. The van der Waals surface area contributed by atoms with Crippen LogP contribution in [0.25, 0.3) is 11.0 Å². The van der Waals surface area contributed by atoms with Gasteiger partial charge in [-0.15, -0.1) is 0 Å². The molecule has 0 spiro atoms. The van der Waals surface area contributed by atoms with Gasteiger partial charge in [-0.25, -0.2) is 4.98 Å². The summed E-state index contributed by atoms with van der Waals surface area (Å²) in [7, 11) is 0. The van der Waals surface area contributed by atoms with Gasteiger partial charge in [0.1, 0.15) is 5.75 Å². The van der Waals surface area contributed by atoms with Crippen molar-refractivity contribution in [2.45, 2.75) is 13.5 Å². The molecular formula is C15H11Cl2N3O3. The highest BCUT2D eigenvalue weighted by atomic mass is 35.5. The van der Waals surface area contributed by atoms with Crippen molar-refractivity contribution in [3.05, 3.63) is 56.8 Å². The first kappa shape index (κ1) is 15.6. The van der Waals surface area contributed by atoms with Crippen molar-refractivity contribution in [3.8, 4) is 11.5 Å². The Kier molecular flexibility index (Phi) is 4.11. The smallest absolute Gasteiger partial charge is 0.272 e. The van der Waals surface area contributed by atoms with Gasteiger partial charge >= 0.3 is 0 Å². The van der Waals surface area contributed by atoms with E-state index in [0.717, 1.165) is 17.6 Å². The number of nitrogens with zero attached hydrogens (tertiary/aromatic N) is 3. The fourth-order valence-corrected chi connectivity index (χ4v) is 2.77. The van der Waals surface area contributed by atoms with Gasteiger partial charge in [-0.3, -0.25) is 10.1 Å². The highest BCUT2D eigenvalue weighted by Crippen LogP contribution is 2.39. The van der Waals surface area contributed by atoms with Crippen molar-refractivity contribution in [1.29, 1.82) is 0 Å². The number of imidazole rings is 1. The Morgan fingerprint density at radius 3 is 2.57 bits per heavy atom. The van der Waals surface area contributed by atoms with Crippen LogP contribution in [0.5, 0.6) is 11.5 Å². The molecule has 0 bridgehead atoms. The van der Waals surface area contributed by atoms with Crippen LogP contribution in [0, 0.1) is 10.1 Å². The third-order valence-electron chi connectivity index (χ3n) is 3.35. The van der Waals surface area contributed by atoms with Crippen molar-refractivity contribution in [3.63, 3.8) is 0 Å². The van der Waals surface area contributed by atoms with Gasteiger partial charge in [-0.05, 0) is 19.1 Å². The summed E-state index contributed by atoms with van der Waals surface area (Å²) in [5, 5.41) is 11.0. The summed E-state index contributed by atoms with van der Waals surface area (Å²) in [6, 6.07) is 7.79. The molecule has 0 aliphatic rings. The average molecular weight is 352 g/mol. The van der Waals surface area contributed by atoms with Crippen LogP contribution in [0.4, 0.5) is 5.69 Å². The third kappa shape index (κ3) is 2.95. The first-order valence-corrected chi connectivity index (χ1v) is 7.51. The van der Waals surface area contributed by atoms with E-state index in [-0.39, 0.29) is 21.5 Å². The van der Waals surface area contributed by atoms with E-state index in [1.54, 1.807) is 12.4 Å². The van der Waals surface area contributed by atoms with E-state index in [1.807, 2.05) is 23.6 Å². The molecule has 118 valence electrons. The van der Waals surface area contributed by atoms with Gasteiger partial charge in [-0.2, -0.15) is 0 Å². The molecule has 0 unspecified atom stereocenters. The van der Waals surface area contributed by atoms with E-state index >= 15 is 0 Å². The van der Waals surface area contributed by atoms with Crippen molar-refractivity contribution in [2.24, 2.45) is 0 Å². The van der Waals surface area contributed by atoms with Crippen LogP contribution in [-0.4, -0.2) is 14.5 Å². The van der Waals surface area contributed by atoms with Gasteiger partial charge < -0.3 is 9.30 Å². The molecule has 0 N–H and O–H groups in total. The molecule has 3 aromatic rings. The summed E-state index contributed by atoms with van der Waals surface area (Å²) < 4.78 is 7.70. The number of ether oxygens (including phenoxy) is 1. The molecule has 23 heavy (non-hydrogen) atoms. The number of hydrogen-bond acceptors (Lipinski definition) is 4. The zero-order chi connectivity index (χ0) is 16.6. The van der Waals surface area contributed by atoms with Gasteiger partial charge in [0.2, 0.25) is 0 Å². The quantitative estimate of drug-likeness (QED) is 0.486. The van der Waals surface area contributed by atoms with Gasteiger partial charge in [0.05, 0.1) is 32.3 Å². The second-order valence-corrected chi connectivity index (χ2v) is 5.59. The first-order valence-electron chi connectivity index (χ1n) is 6.75. The number of nitro benzene ring substituents is 1. The summed E-state index contributed by atoms with van der Waals surface area (Å²) in [6.45, 7) is 2.79. The molecule has 0 amide bonds. The number of hydrogen-bond donors (Lipinski definition) is 0. The highest BCUT2D eigenvalue weighted by Gasteiger charge is 2.16. The van der Waals surface area contributed by atoms with Crippen molar-refractivity contribution in [2.75, 3.05) is 0 Å². The maximum atomic E-state index is 10.8. The van der Waals surface area contributed by atoms with Crippen LogP contribution in [-0.2, 0) is 6.54 Å². The number of nitro groups is 1. The Balaban J connectivity index is 2.00. The van der Waals surface area contributed by atoms with Gasteiger partial charge in [0.15, 0.2) is 5.75 Å². The Labute approximate surface area is 141 Å². The number of benzene rings is 2. The molecule has 0 aliphatic carbocycles. The first-order chi connectivity index (χ1) is 11.0. The van der Waals surface area contributed by atoms with Crippen LogP contribution < -0.4 is 4.74 Å². The number of aromatic nitrogens is 2. The molecular weight excluding hydrogens is 341 g/mol. The Morgan fingerprint density at radius 2 is 1.96 bits per heavy atom. The van der Waals surface area contributed by atoms with Crippen molar-refractivity contribution < 1.29 is 9.66 Å². The second-order valence-electron chi connectivity index (χ2n) is 4.78. The third-order valence-corrected chi connectivity index (χ3v) is 3.91. The fraction of sp³-hybridized carbons (Fsp3) is 0.133. The van der Waals surface area contributed by atoms with E-state index < -0.39 is 4.92 Å². The van der Waals surface area contributed by atoms with E-state index in [1.165, 1.54) is 12.1 Å². The lowest BCUT2D eigenvalue weighted by molar-refractivity contribution is -0.384. The monoisotopic (exact) mass is 351 g/mol. The SMILES string of the molecule is CCn1cnc2ccc(Oc3c(Cl)cc([N+](=O)[O-])cc3Cl)cc21. The lowest BCUT2D eigenvalue weighted by atomic mass is 10.2. The largest absolute Gasteiger partial charge is 0.454 e. The maximum Gasteiger partial charge on any atom is 0.272 e. The Bertz CT molecular complexity index is 885. The number of halogens is 2. The molecule has 8 heteroatoms. The molecule has 0 saturated carbocycles. The average Bonchev–Trinajstić information content (AvgIpc) is 2.92. The minimum Gasteiger partial charge on any atom is -0.454 e. The lowest BCUT2D eigenvalue weighted by Crippen LogP contribution is -1.93. The standard InChI is InChI=1S/C15H11Cl2N3O3/c1-2-19-8-18-13-4-3-10(7-14(13)19)23-15-11(16)5-9(20(21)22)6-12(15)17/h3-8H,2H2,1H3. The van der Waals surface area contributed by atoms with Gasteiger partial charge in [-0.1, -0.05) is 23.2 Å². The predicted molar refractivity (Wildman–Crippen MR) is 88.6 cm³/mol. The van der Waals surface area contributed by atoms with Crippen LogP contribution in [0.15, 0.2) is 36.7 Å². The maximum absolute atomic E-state index is 10.8. The van der Waals surface area contributed by atoms with E-state index in [2.05, 4.69) is 4.98 Å². The zero-order valence-electron chi connectivity index (χ0n) is 12.0. The summed E-state index contributed by atoms with van der Waals surface area (Å²) in [5.74, 6) is 0.700. The lowest BCUT2D eigenvalue weighted by Gasteiger charge is -2.10. The molecule has 2 aromatic carbocycles. The highest BCUT2D eigenvalue weighted by molar-refractivity contribution is 6.37. The molecule has 3 rings (SSSR count). The molecule has 1 aromatic heterocycles. The Hall–Kier alpha value is -2.31. The molecule has 1 heterocycles. The minimum absolute atomic E-state index is 0.0771. The number of rotatable bonds is 4. The molecule has 0 fully saturated rings. The number of fused-ring (bicyclic) bond motifs is 1. The molecule has 0 atom stereocenters. The zero-order valence-corrected chi connectivity index (χ0v) is 13.5. The van der Waals surface area contributed by atoms with E-state index in [9.17, 15) is 10.1 Å².